The lowest BCUT2D eigenvalue weighted by Gasteiger charge is -2.18. The zero-order chi connectivity index (χ0) is 15.9. The van der Waals surface area contributed by atoms with Gasteiger partial charge in [0.25, 0.3) is 15.0 Å². The number of carbonyl (C=O) groups is 1. The standard InChI is InChI=1S/C13H14Cl2FNO3S/c1-7-3-8(7)6-17(2)13(18)10-4-9(21(15,19)20)5-11(16)12(10)14/h4-5,7-8H,3,6H2,1-2H3. The predicted octanol–water partition coefficient (Wildman–Crippen LogP) is 3.13. The quantitative estimate of drug-likeness (QED) is 0.781. The Hall–Kier alpha value is -0.850. The molecule has 116 valence electrons. The molecule has 1 fully saturated rings. The maximum absolute atomic E-state index is 13.7. The Morgan fingerprint density at radius 1 is 1.48 bits per heavy atom. The van der Waals surface area contributed by atoms with E-state index in [0.717, 1.165) is 12.5 Å². The third-order valence-corrected chi connectivity index (χ3v) is 5.36. The molecule has 1 aromatic carbocycles. The largest absolute Gasteiger partial charge is 0.341 e. The summed E-state index contributed by atoms with van der Waals surface area (Å²) >= 11 is 5.77. The van der Waals surface area contributed by atoms with Gasteiger partial charge in [0.1, 0.15) is 5.82 Å². The molecule has 2 unspecified atom stereocenters. The minimum atomic E-state index is -4.14. The molecule has 0 aliphatic heterocycles. The molecule has 1 amide bonds. The molecule has 21 heavy (non-hydrogen) atoms. The first kappa shape index (κ1) is 16.5. The lowest BCUT2D eigenvalue weighted by molar-refractivity contribution is 0.0786. The van der Waals surface area contributed by atoms with Crippen LogP contribution in [-0.4, -0.2) is 32.8 Å². The van der Waals surface area contributed by atoms with Gasteiger partial charge in [-0.25, -0.2) is 12.8 Å². The molecule has 2 rings (SSSR count). The van der Waals surface area contributed by atoms with Crippen LogP contribution >= 0.6 is 22.3 Å². The molecule has 1 aromatic rings. The smallest absolute Gasteiger partial charge is 0.261 e. The highest BCUT2D eigenvalue weighted by molar-refractivity contribution is 8.13. The van der Waals surface area contributed by atoms with Crippen LogP contribution in [0.5, 0.6) is 0 Å². The molecule has 0 spiro atoms. The summed E-state index contributed by atoms with van der Waals surface area (Å²) in [5, 5.41) is -0.403. The van der Waals surface area contributed by atoms with Crippen molar-refractivity contribution in [3.63, 3.8) is 0 Å². The molecular formula is C13H14Cl2FNO3S. The first-order valence-electron chi connectivity index (χ1n) is 6.30. The maximum Gasteiger partial charge on any atom is 0.261 e. The molecule has 0 radical (unpaired) electrons. The summed E-state index contributed by atoms with van der Waals surface area (Å²) in [5.74, 6) is -0.542. The van der Waals surface area contributed by atoms with E-state index in [1.165, 1.54) is 4.90 Å². The average Bonchev–Trinajstić information content (AvgIpc) is 3.05. The lowest BCUT2D eigenvalue weighted by atomic mass is 10.2. The summed E-state index contributed by atoms with van der Waals surface area (Å²) in [6.45, 7) is 2.60. The van der Waals surface area contributed by atoms with Gasteiger partial charge in [0.2, 0.25) is 0 Å². The first-order valence-corrected chi connectivity index (χ1v) is 8.99. The van der Waals surface area contributed by atoms with Crippen LogP contribution < -0.4 is 0 Å². The zero-order valence-electron chi connectivity index (χ0n) is 11.4. The third-order valence-electron chi connectivity index (χ3n) is 3.64. The minimum Gasteiger partial charge on any atom is -0.341 e. The van der Waals surface area contributed by atoms with Gasteiger partial charge in [-0.2, -0.15) is 0 Å². The normalized spacial score (nSPS) is 21.2. The van der Waals surface area contributed by atoms with Crippen LogP contribution in [0.1, 0.15) is 23.7 Å². The maximum atomic E-state index is 13.7. The van der Waals surface area contributed by atoms with Crippen molar-refractivity contribution in [1.82, 2.24) is 4.90 Å². The van der Waals surface area contributed by atoms with Gasteiger partial charge in [0.05, 0.1) is 15.5 Å². The Bertz CT molecular complexity index is 693. The van der Waals surface area contributed by atoms with E-state index in [-0.39, 0.29) is 5.56 Å². The van der Waals surface area contributed by atoms with Gasteiger partial charge in [-0.15, -0.1) is 0 Å². The highest BCUT2D eigenvalue weighted by atomic mass is 35.7. The van der Waals surface area contributed by atoms with Crippen LogP contribution in [0.2, 0.25) is 5.02 Å². The van der Waals surface area contributed by atoms with Crippen LogP contribution in [0.3, 0.4) is 0 Å². The van der Waals surface area contributed by atoms with E-state index in [0.29, 0.717) is 24.4 Å². The van der Waals surface area contributed by atoms with Gasteiger partial charge < -0.3 is 4.90 Å². The fourth-order valence-corrected chi connectivity index (χ4v) is 3.11. The topological polar surface area (TPSA) is 54.5 Å². The summed E-state index contributed by atoms with van der Waals surface area (Å²) in [5.41, 5.74) is -0.202. The number of rotatable bonds is 4. The highest BCUT2D eigenvalue weighted by Crippen LogP contribution is 2.38. The van der Waals surface area contributed by atoms with Crippen LogP contribution in [0.15, 0.2) is 17.0 Å². The van der Waals surface area contributed by atoms with Crippen molar-refractivity contribution in [1.29, 1.82) is 0 Å². The highest BCUT2D eigenvalue weighted by Gasteiger charge is 2.34. The van der Waals surface area contributed by atoms with Gasteiger partial charge in [-0.3, -0.25) is 4.79 Å². The SMILES string of the molecule is CC1CC1CN(C)C(=O)c1cc(S(=O)(=O)Cl)cc(F)c1Cl. The van der Waals surface area contributed by atoms with Crippen LogP contribution in [-0.2, 0) is 9.05 Å². The zero-order valence-corrected chi connectivity index (χ0v) is 13.8. The molecule has 0 saturated heterocycles. The molecule has 1 aliphatic rings. The van der Waals surface area contributed by atoms with Crippen LogP contribution in [0.4, 0.5) is 4.39 Å². The van der Waals surface area contributed by atoms with Crippen molar-refractivity contribution >= 4 is 37.2 Å². The molecule has 1 aliphatic carbocycles. The molecule has 2 atom stereocenters. The van der Waals surface area contributed by atoms with Gasteiger partial charge in [0.15, 0.2) is 0 Å². The molecule has 0 bridgehead atoms. The predicted molar refractivity (Wildman–Crippen MR) is 78.7 cm³/mol. The van der Waals surface area contributed by atoms with E-state index in [2.05, 4.69) is 6.92 Å². The second-order valence-electron chi connectivity index (χ2n) is 5.36. The summed E-state index contributed by atoms with van der Waals surface area (Å²) < 4.78 is 36.3. The second-order valence-corrected chi connectivity index (χ2v) is 8.31. The van der Waals surface area contributed by atoms with E-state index in [1.807, 2.05) is 0 Å². The number of nitrogens with zero attached hydrogens (tertiary/aromatic N) is 1. The lowest BCUT2D eigenvalue weighted by Crippen LogP contribution is -2.29. The van der Waals surface area contributed by atoms with E-state index >= 15 is 0 Å². The van der Waals surface area contributed by atoms with Gasteiger partial charge >= 0.3 is 0 Å². The molecular weight excluding hydrogens is 340 g/mol. The van der Waals surface area contributed by atoms with Crippen molar-refractivity contribution in [2.75, 3.05) is 13.6 Å². The van der Waals surface area contributed by atoms with E-state index in [1.54, 1.807) is 7.05 Å². The van der Waals surface area contributed by atoms with Gasteiger partial charge in [-0.1, -0.05) is 18.5 Å². The summed E-state index contributed by atoms with van der Waals surface area (Å²) in [7, 11) is 2.62. The van der Waals surface area contributed by atoms with E-state index < -0.39 is 30.7 Å². The van der Waals surface area contributed by atoms with Gasteiger partial charge in [0, 0.05) is 24.3 Å². The Labute approximate surface area is 132 Å². The number of carbonyl (C=O) groups excluding carboxylic acids is 1. The number of amides is 1. The van der Waals surface area contributed by atoms with Crippen molar-refractivity contribution in [2.24, 2.45) is 11.8 Å². The Morgan fingerprint density at radius 3 is 2.52 bits per heavy atom. The third kappa shape index (κ3) is 3.67. The van der Waals surface area contributed by atoms with E-state index in [4.69, 9.17) is 22.3 Å². The average molecular weight is 354 g/mol. The molecule has 0 aromatic heterocycles. The Kier molecular flexibility index (Phi) is 4.52. The molecule has 4 nitrogen and oxygen atoms in total. The number of hydrogen-bond donors (Lipinski definition) is 0. The fraction of sp³-hybridized carbons (Fsp3) is 0.462. The van der Waals surface area contributed by atoms with Gasteiger partial charge in [-0.05, 0) is 30.4 Å². The summed E-state index contributed by atoms with van der Waals surface area (Å²) in [6.07, 6.45) is 1.04. The first-order chi connectivity index (χ1) is 9.61. The second kappa shape index (κ2) is 5.74. The van der Waals surface area contributed by atoms with E-state index in [9.17, 15) is 17.6 Å². The summed E-state index contributed by atoms with van der Waals surface area (Å²) in [6, 6.07) is 1.70. The number of benzene rings is 1. The number of hydrogen-bond acceptors (Lipinski definition) is 3. The molecule has 1 saturated carbocycles. The summed E-state index contributed by atoms with van der Waals surface area (Å²) in [4.78, 5) is 13.2. The van der Waals surface area contributed by atoms with Crippen molar-refractivity contribution in [3.05, 3.63) is 28.5 Å². The molecule has 0 heterocycles. The van der Waals surface area contributed by atoms with Crippen LogP contribution in [0.25, 0.3) is 0 Å². The molecule has 8 heteroatoms. The Balaban J connectivity index is 2.33. The molecule has 0 N–H and O–H groups in total. The van der Waals surface area contributed by atoms with Crippen molar-refractivity contribution < 1.29 is 17.6 Å². The van der Waals surface area contributed by atoms with Crippen molar-refractivity contribution in [3.8, 4) is 0 Å². The number of halogens is 3. The fourth-order valence-electron chi connectivity index (χ4n) is 2.15. The Morgan fingerprint density at radius 2 is 2.05 bits per heavy atom. The van der Waals surface area contributed by atoms with Crippen LogP contribution in [0, 0.1) is 17.7 Å². The minimum absolute atomic E-state index is 0.202. The van der Waals surface area contributed by atoms with Crippen molar-refractivity contribution in [2.45, 2.75) is 18.2 Å². The monoisotopic (exact) mass is 353 g/mol.